The van der Waals surface area contributed by atoms with Gasteiger partial charge in [-0.25, -0.2) is 0 Å². The molecular weight excluding hydrogens is 302 g/mol. The van der Waals surface area contributed by atoms with Crippen molar-refractivity contribution in [3.63, 3.8) is 0 Å². The fourth-order valence-corrected chi connectivity index (χ4v) is 5.93. The molecule has 0 bridgehead atoms. The number of fused-ring (bicyclic) bond motifs is 5. The maximum atomic E-state index is 11.3. The van der Waals surface area contributed by atoms with Crippen molar-refractivity contribution >= 4 is 5.97 Å². The van der Waals surface area contributed by atoms with E-state index in [2.05, 4.69) is 18.2 Å². The normalized spacial score (nSPS) is 37.1. The van der Waals surface area contributed by atoms with E-state index in [4.69, 9.17) is 4.74 Å². The summed E-state index contributed by atoms with van der Waals surface area (Å²) in [6.07, 6.45) is 6.56. The van der Waals surface area contributed by atoms with Crippen molar-refractivity contribution in [2.75, 3.05) is 0 Å². The summed E-state index contributed by atoms with van der Waals surface area (Å²) < 4.78 is 5.24. The number of benzene rings is 1. The summed E-state index contributed by atoms with van der Waals surface area (Å²) in [6.45, 7) is 3.74. The second-order valence-electron chi connectivity index (χ2n) is 8.11. The summed E-state index contributed by atoms with van der Waals surface area (Å²) in [7, 11) is 0. The van der Waals surface area contributed by atoms with Crippen LogP contribution in [0.5, 0.6) is 5.75 Å². The zero-order chi connectivity index (χ0) is 16.9. The number of nitrogens with zero attached hydrogens (tertiary/aromatic N) is 1. The fraction of sp³-hybridized carbons (Fsp3) is 0.650. The minimum absolute atomic E-state index is 0.0104. The summed E-state index contributed by atoms with van der Waals surface area (Å²) >= 11 is 0. The molecule has 0 radical (unpaired) electrons. The molecule has 4 heteroatoms. The van der Waals surface area contributed by atoms with E-state index in [1.54, 1.807) is 0 Å². The van der Waals surface area contributed by atoms with Gasteiger partial charge in [-0.3, -0.25) is 4.79 Å². The smallest absolute Gasteiger partial charge is 0.308 e. The molecule has 4 nitrogen and oxygen atoms in total. The van der Waals surface area contributed by atoms with E-state index in [1.165, 1.54) is 24.5 Å². The molecule has 5 atom stereocenters. The first kappa shape index (κ1) is 15.8. The standard InChI is InChI=1S/C20H25NO3/c1-12(22)24-14-4-6-15-13(11-14)3-5-17-16(15)9-10-20(2)18(17)7-8-19(20)21-23/h4,6,11,16-19H,3,5,7-10H2,1-2H3/t16-,17-,18+,19+,20+/m0/s1. The second-order valence-corrected chi connectivity index (χ2v) is 8.11. The van der Waals surface area contributed by atoms with Crippen LogP contribution in [0.3, 0.4) is 0 Å². The van der Waals surface area contributed by atoms with Crippen LogP contribution in [0.1, 0.15) is 63.0 Å². The van der Waals surface area contributed by atoms with Gasteiger partial charge in [0.2, 0.25) is 0 Å². The third kappa shape index (κ3) is 2.30. The average molecular weight is 327 g/mol. The summed E-state index contributed by atoms with van der Waals surface area (Å²) in [5, 5.41) is 3.47. The minimum Gasteiger partial charge on any atom is -0.427 e. The lowest BCUT2D eigenvalue weighted by molar-refractivity contribution is -0.131. The largest absolute Gasteiger partial charge is 0.427 e. The van der Waals surface area contributed by atoms with Gasteiger partial charge in [0.25, 0.3) is 0 Å². The molecule has 0 amide bonds. The zero-order valence-corrected chi connectivity index (χ0v) is 14.5. The van der Waals surface area contributed by atoms with Crippen molar-refractivity contribution in [3.8, 4) is 5.75 Å². The van der Waals surface area contributed by atoms with Gasteiger partial charge in [0.1, 0.15) is 5.75 Å². The molecule has 2 fully saturated rings. The van der Waals surface area contributed by atoms with Gasteiger partial charge in [0.05, 0.1) is 6.04 Å². The van der Waals surface area contributed by atoms with E-state index in [-0.39, 0.29) is 17.4 Å². The van der Waals surface area contributed by atoms with Gasteiger partial charge >= 0.3 is 5.97 Å². The van der Waals surface area contributed by atoms with Crippen LogP contribution in [0.15, 0.2) is 23.4 Å². The highest BCUT2D eigenvalue weighted by Gasteiger charge is 2.55. The second kappa shape index (κ2) is 5.68. The van der Waals surface area contributed by atoms with Crippen LogP contribution >= 0.6 is 0 Å². The minimum atomic E-state index is -0.268. The number of ether oxygens (including phenoxy) is 1. The molecule has 0 spiro atoms. The molecule has 2 saturated carbocycles. The Morgan fingerprint density at radius 2 is 2.08 bits per heavy atom. The highest BCUT2D eigenvalue weighted by atomic mass is 16.5. The van der Waals surface area contributed by atoms with Crippen molar-refractivity contribution < 1.29 is 9.53 Å². The van der Waals surface area contributed by atoms with Gasteiger partial charge in [-0.15, -0.1) is 0 Å². The zero-order valence-electron chi connectivity index (χ0n) is 14.5. The lowest BCUT2D eigenvalue weighted by Gasteiger charge is -2.49. The lowest BCUT2D eigenvalue weighted by atomic mass is 9.55. The quantitative estimate of drug-likeness (QED) is 0.453. The van der Waals surface area contributed by atoms with Gasteiger partial charge in [0.15, 0.2) is 0 Å². The predicted molar refractivity (Wildman–Crippen MR) is 92.0 cm³/mol. The lowest BCUT2D eigenvalue weighted by Crippen LogP contribution is -2.43. The Bertz CT molecular complexity index is 685. The monoisotopic (exact) mass is 327 g/mol. The Morgan fingerprint density at radius 3 is 2.83 bits per heavy atom. The number of nitroso groups, excluding NO2 is 1. The van der Waals surface area contributed by atoms with E-state index < -0.39 is 0 Å². The maximum absolute atomic E-state index is 11.3. The van der Waals surface area contributed by atoms with E-state index in [0.717, 1.165) is 32.1 Å². The van der Waals surface area contributed by atoms with E-state index >= 15 is 0 Å². The number of carbonyl (C=O) groups excluding carboxylic acids is 1. The first-order chi connectivity index (χ1) is 11.5. The van der Waals surface area contributed by atoms with Crippen LogP contribution in [0.25, 0.3) is 0 Å². The van der Waals surface area contributed by atoms with Gasteiger partial charge in [-0.1, -0.05) is 18.2 Å². The summed E-state index contributed by atoms with van der Waals surface area (Å²) in [5.41, 5.74) is 2.88. The van der Waals surface area contributed by atoms with Crippen LogP contribution in [-0.4, -0.2) is 12.0 Å². The van der Waals surface area contributed by atoms with E-state index in [0.29, 0.717) is 23.5 Å². The molecule has 1 aromatic carbocycles. The first-order valence-corrected chi connectivity index (χ1v) is 9.16. The number of aryl methyl sites for hydroxylation is 1. The average Bonchev–Trinajstić information content (AvgIpc) is 2.90. The Labute approximate surface area is 142 Å². The Hall–Kier alpha value is -1.71. The number of esters is 1. The predicted octanol–water partition coefficient (Wildman–Crippen LogP) is 4.60. The molecule has 0 heterocycles. The first-order valence-electron chi connectivity index (χ1n) is 9.16. The van der Waals surface area contributed by atoms with E-state index in [9.17, 15) is 9.70 Å². The SMILES string of the molecule is CC(=O)Oc1ccc2c(c1)CC[C@@H]1[C@H]3CC[C@@H](N=O)[C@]3(C)CC[C@@H]21. The van der Waals surface area contributed by atoms with Crippen LogP contribution in [0, 0.1) is 22.2 Å². The summed E-state index contributed by atoms with van der Waals surface area (Å²) in [6, 6.07) is 6.15. The number of carbonyl (C=O) groups is 1. The Morgan fingerprint density at radius 1 is 1.25 bits per heavy atom. The third-order valence-electron chi connectivity index (χ3n) is 7.04. The van der Waals surface area contributed by atoms with Crippen molar-refractivity contribution in [1.82, 2.24) is 0 Å². The molecule has 0 N–H and O–H groups in total. The Balaban J connectivity index is 1.63. The Kier molecular flexibility index (Phi) is 3.74. The molecule has 1 aromatic rings. The van der Waals surface area contributed by atoms with Crippen molar-refractivity contribution in [2.24, 2.45) is 22.4 Å². The fourth-order valence-electron chi connectivity index (χ4n) is 5.93. The van der Waals surface area contributed by atoms with Crippen molar-refractivity contribution in [2.45, 2.75) is 64.3 Å². The van der Waals surface area contributed by atoms with Gasteiger partial charge in [-0.05, 0) is 85.0 Å². The molecular formula is C20H25NO3. The van der Waals surface area contributed by atoms with Crippen LogP contribution in [0.2, 0.25) is 0 Å². The van der Waals surface area contributed by atoms with Crippen LogP contribution in [0.4, 0.5) is 0 Å². The molecule has 3 aliphatic carbocycles. The molecule has 128 valence electrons. The van der Waals surface area contributed by atoms with Gasteiger partial charge < -0.3 is 4.74 Å². The molecule has 4 rings (SSSR count). The van der Waals surface area contributed by atoms with E-state index in [1.807, 2.05) is 12.1 Å². The van der Waals surface area contributed by atoms with Gasteiger partial charge in [-0.2, -0.15) is 4.91 Å². The molecule has 0 aliphatic heterocycles. The number of hydrogen-bond donors (Lipinski definition) is 0. The summed E-state index contributed by atoms with van der Waals surface area (Å²) in [5.74, 6) is 2.27. The highest BCUT2D eigenvalue weighted by molar-refractivity contribution is 5.69. The van der Waals surface area contributed by atoms with Gasteiger partial charge in [0, 0.05) is 6.92 Å². The molecule has 3 aliphatic rings. The topological polar surface area (TPSA) is 55.7 Å². The molecule has 24 heavy (non-hydrogen) atoms. The maximum Gasteiger partial charge on any atom is 0.308 e. The highest BCUT2D eigenvalue weighted by Crippen LogP contribution is 2.61. The van der Waals surface area contributed by atoms with Crippen molar-refractivity contribution in [3.05, 3.63) is 34.2 Å². The van der Waals surface area contributed by atoms with Crippen LogP contribution < -0.4 is 4.74 Å². The van der Waals surface area contributed by atoms with Crippen LogP contribution in [-0.2, 0) is 11.2 Å². The number of hydrogen-bond acceptors (Lipinski definition) is 4. The molecule has 0 saturated heterocycles. The summed E-state index contributed by atoms with van der Waals surface area (Å²) in [4.78, 5) is 22.4. The number of rotatable bonds is 2. The molecule has 0 unspecified atom stereocenters. The third-order valence-corrected chi connectivity index (χ3v) is 7.04. The molecule has 0 aromatic heterocycles. The van der Waals surface area contributed by atoms with Crippen molar-refractivity contribution in [1.29, 1.82) is 0 Å².